The van der Waals surface area contributed by atoms with E-state index < -0.39 is 5.97 Å². The summed E-state index contributed by atoms with van der Waals surface area (Å²) in [6.07, 6.45) is 6.95. The number of hydrogen-bond donors (Lipinski definition) is 1. The van der Waals surface area contributed by atoms with Gasteiger partial charge in [-0.25, -0.2) is 4.79 Å². The summed E-state index contributed by atoms with van der Waals surface area (Å²) < 4.78 is 0. The zero-order chi connectivity index (χ0) is 14.3. The molecule has 2 aliphatic carbocycles. The van der Waals surface area contributed by atoms with Crippen LogP contribution in [0.15, 0.2) is 12.3 Å². The molecule has 2 bridgehead atoms. The summed E-state index contributed by atoms with van der Waals surface area (Å²) in [5, 5.41) is 9.30. The number of aromatic nitrogens is 1. The van der Waals surface area contributed by atoms with Crippen LogP contribution in [0.3, 0.4) is 0 Å². The molecule has 1 heterocycles. The van der Waals surface area contributed by atoms with Crippen molar-refractivity contribution >= 4 is 11.7 Å². The number of carboxylic acid groups (broad SMARTS) is 1. The molecule has 0 radical (unpaired) electrons. The van der Waals surface area contributed by atoms with Gasteiger partial charge in [-0.1, -0.05) is 6.42 Å². The van der Waals surface area contributed by atoms with Crippen LogP contribution in [0.2, 0.25) is 0 Å². The lowest BCUT2D eigenvalue weighted by molar-refractivity contribution is 0.0697. The average Bonchev–Trinajstić information content (AvgIpc) is 3.00. The number of nitrogens with zero attached hydrogens (tertiary/aromatic N) is 2. The molecule has 20 heavy (non-hydrogen) atoms. The molecule has 1 N–H and O–H groups in total. The van der Waals surface area contributed by atoms with Crippen molar-refractivity contribution < 1.29 is 9.90 Å². The molecule has 3 atom stereocenters. The molecule has 4 heteroatoms. The van der Waals surface area contributed by atoms with Crippen LogP contribution in [-0.4, -0.2) is 29.7 Å². The van der Waals surface area contributed by atoms with Crippen LogP contribution < -0.4 is 4.90 Å². The van der Waals surface area contributed by atoms with Crippen molar-refractivity contribution in [2.24, 2.45) is 17.8 Å². The van der Waals surface area contributed by atoms with E-state index in [4.69, 9.17) is 0 Å². The van der Waals surface area contributed by atoms with E-state index in [1.807, 2.05) is 20.0 Å². The highest BCUT2D eigenvalue weighted by Gasteiger charge is 2.39. The van der Waals surface area contributed by atoms with Gasteiger partial charge in [-0.05, 0) is 50.0 Å². The highest BCUT2D eigenvalue weighted by atomic mass is 16.4. The Bertz CT molecular complexity index is 529. The van der Waals surface area contributed by atoms with Gasteiger partial charge in [0.1, 0.15) is 5.56 Å². The Morgan fingerprint density at radius 1 is 1.45 bits per heavy atom. The van der Waals surface area contributed by atoms with Gasteiger partial charge in [0.25, 0.3) is 0 Å². The van der Waals surface area contributed by atoms with Crippen molar-refractivity contribution in [3.05, 3.63) is 23.5 Å². The minimum Gasteiger partial charge on any atom is -0.478 e. The number of anilines is 1. The van der Waals surface area contributed by atoms with Crippen LogP contribution in [0.1, 0.15) is 41.7 Å². The monoisotopic (exact) mass is 274 g/mol. The van der Waals surface area contributed by atoms with Crippen molar-refractivity contribution in [1.29, 1.82) is 0 Å². The summed E-state index contributed by atoms with van der Waals surface area (Å²) in [4.78, 5) is 17.6. The number of carbonyl (C=O) groups is 1. The Labute approximate surface area is 119 Å². The van der Waals surface area contributed by atoms with Gasteiger partial charge < -0.3 is 10.0 Å². The molecule has 0 saturated heterocycles. The van der Waals surface area contributed by atoms with Crippen molar-refractivity contribution in [1.82, 2.24) is 4.98 Å². The summed E-state index contributed by atoms with van der Waals surface area (Å²) in [5.74, 6) is 1.62. The Morgan fingerprint density at radius 2 is 2.25 bits per heavy atom. The normalized spacial score (nSPS) is 27.8. The fourth-order valence-electron chi connectivity index (χ4n) is 4.08. The van der Waals surface area contributed by atoms with Crippen LogP contribution in [0, 0.1) is 24.7 Å². The molecule has 4 nitrogen and oxygen atoms in total. The lowest BCUT2D eigenvalue weighted by Gasteiger charge is -2.29. The second kappa shape index (κ2) is 5.08. The van der Waals surface area contributed by atoms with Crippen molar-refractivity contribution in [2.45, 2.75) is 32.6 Å². The van der Waals surface area contributed by atoms with Gasteiger partial charge in [0, 0.05) is 25.5 Å². The lowest BCUT2D eigenvalue weighted by Crippen LogP contribution is -2.29. The molecule has 2 saturated carbocycles. The predicted molar refractivity (Wildman–Crippen MR) is 78.1 cm³/mol. The van der Waals surface area contributed by atoms with Gasteiger partial charge in [0.05, 0.1) is 5.69 Å². The van der Waals surface area contributed by atoms with E-state index in [0.717, 1.165) is 35.7 Å². The summed E-state index contributed by atoms with van der Waals surface area (Å²) in [6.45, 7) is 2.87. The third-order valence-electron chi connectivity index (χ3n) is 5.05. The van der Waals surface area contributed by atoms with E-state index in [9.17, 15) is 9.90 Å². The molecule has 3 rings (SSSR count). The van der Waals surface area contributed by atoms with Crippen molar-refractivity contribution in [3.8, 4) is 0 Å². The van der Waals surface area contributed by atoms with E-state index in [0.29, 0.717) is 5.56 Å². The van der Waals surface area contributed by atoms with Gasteiger partial charge in [-0.2, -0.15) is 0 Å². The Balaban J connectivity index is 1.78. The zero-order valence-electron chi connectivity index (χ0n) is 12.2. The highest BCUT2D eigenvalue weighted by molar-refractivity contribution is 5.94. The molecule has 0 amide bonds. The maximum Gasteiger partial charge on any atom is 0.339 e. The molecule has 0 aromatic carbocycles. The molecule has 3 unspecified atom stereocenters. The first-order valence-electron chi connectivity index (χ1n) is 7.45. The van der Waals surface area contributed by atoms with E-state index in [1.165, 1.54) is 31.9 Å². The Morgan fingerprint density at radius 3 is 2.85 bits per heavy atom. The fourth-order valence-corrected chi connectivity index (χ4v) is 4.08. The number of hydrogen-bond acceptors (Lipinski definition) is 3. The number of fused-ring (bicyclic) bond motifs is 2. The van der Waals surface area contributed by atoms with Gasteiger partial charge >= 0.3 is 5.97 Å². The molecule has 0 spiro atoms. The molecule has 1 aromatic rings. The fraction of sp³-hybridized carbons (Fsp3) is 0.625. The van der Waals surface area contributed by atoms with E-state index in [2.05, 4.69) is 9.88 Å². The summed E-state index contributed by atoms with van der Waals surface area (Å²) >= 11 is 0. The first-order chi connectivity index (χ1) is 9.54. The molecular weight excluding hydrogens is 252 g/mol. The maximum absolute atomic E-state index is 11.3. The first kappa shape index (κ1) is 13.4. The number of aromatic carboxylic acids is 1. The molecular formula is C16H22N2O2. The number of rotatable bonds is 4. The molecule has 0 aliphatic heterocycles. The number of pyridine rings is 1. The van der Waals surface area contributed by atoms with Crippen molar-refractivity contribution in [2.75, 3.05) is 18.5 Å². The molecule has 108 valence electrons. The van der Waals surface area contributed by atoms with Crippen molar-refractivity contribution in [3.63, 3.8) is 0 Å². The molecule has 1 aromatic heterocycles. The van der Waals surface area contributed by atoms with Gasteiger partial charge in [-0.3, -0.25) is 4.98 Å². The van der Waals surface area contributed by atoms with Crippen LogP contribution in [0.4, 0.5) is 5.69 Å². The minimum atomic E-state index is -0.896. The van der Waals surface area contributed by atoms with Crippen LogP contribution in [-0.2, 0) is 0 Å². The average molecular weight is 274 g/mol. The van der Waals surface area contributed by atoms with Gasteiger partial charge in [0.15, 0.2) is 0 Å². The summed E-state index contributed by atoms with van der Waals surface area (Å²) in [7, 11) is 2.01. The van der Waals surface area contributed by atoms with Crippen LogP contribution in [0.5, 0.6) is 0 Å². The molecule has 2 fully saturated rings. The topological polar surface area (TPSA) is 53.4 Å². The quantitative estimate of drug-likeness (QED) is 0.917. The molecule has 2 aliphatic rings. The highest BCUT2D eigenvalue weighted by Crippen LogP contribution is 2.48. The van der Waals surface area contributed by atoms with Crippen LogP contribution in [0.25, 0.3) is 0 Å². The maximum atomic E-state index is 11.3. The van der Waals surface area contributed by atoms with Gasteiger partial charge in [-0.15, -0.1) is 0 Å². The van der Waals surface area contributed by atoms with E-state index >= 15 is 0 Å². The second-order valence-electron chi connectivity index (χ2n) is 6.46. The summed E-state index contributed by atoms with van der Waals surface area (Å²) in [5.41, 5.74) is 1.97. The minimum absolute atomic E-state index is 0.307. The third kappa shape index (κ3) is 2.39. The second-order valence-corrected chi connectivity index (χ2v) is 6.46. The van der Waals surface area contributed by atoms with E-state index in [-0.39, 0.29) is 0 Å². The summed E-state index contributed by atoms with van der Waals surface area (Å²) in [6, 6.07) is 1.89. The largest absolute Gasteiger partial charge is 0.478 e. The van der Waals surface area contributed by atoms with Gasteiger partial charge in [0.2, 0.25) is 0 Å². The Kier molecular flexibility index (Phi) is 3.40. The number of carboxylic acids is 1. The third-order valence-corrected chi connectivity index (χ3v) is 5.05. The van der Waals surface area contributed by atoms with Crippen LogP contribution >= 0.6 is 0 Å². The standard InChI is InChI=1S/C16H22N2O2/c1-10-5-15(14(8-17-10)16(19)20)18(2)9-13-7-11-3-4-12(13)6-11/h5,8,11-13H,3-4,6-7,9H2,1-2H3,(H,19,20). The first-order valence-corrected chi connectivity index (χ1v) is 7.45. The predicted octanol–water partition coefficient (Wildman–Crippen LogP) is 2.96. The lowest BCUT2D eigenvalue weighted by atomic mass is 9.88. The van der Waals surface area contributed by atoms with E-state index in [1.54, 1.807) is 0 Å². The number of aryl methyl sites for hydroxylation is 1. The smallest absolute Gasteiger partial charge is 0.339 e. The zero-order valence-corrected chi connectivity index (χ0v) is 12.2. The Hall–Kier alpha value is -1.58. The SMILES string of the molecule is Cc1cc(N(C)CC2CC3CCC2C3)c(C(=O)O)cn1.